The third-order valence-electron chi connectivity index (χ3n) is 2.72. The second kappa shape index (κ2) is 4.49. The van der Waals surface area contributed by atoms with Crippen LogP contribution in [0.25, 0.3) is 0 Å². The van der Waals surface area contributed by atoms with Gasteiger partial charge in [-0.15, -0.1) is 0 Å². The predicted molar refractivity (Wildman–Crippen MR) is 61.1 cm³/mol. The first kappa shape index (κ1) is 13.1. The number of hydrogen-bond acceptors (Lipinski definition) is 5. The molecular formula is C10H17BN2O3. The predicted octanol–water partition coefficient (Wildman–Crippen LogP) is -0.270. The minimum Gasteiger partial charge on any atom is -0.422 e. The van der Waals surface area contributed by atoms with Gasteiger partial charge in [-0.25, -0.2) is 0 Å². The van der Waals surface area contributed by atoms with Gasteiger partial charge in [0.25, 0.3) is 0 Å². The van der Waals surface area contributed by atoms with E-state index in [4.69, 9.17) is 4.65 Å². The molecule has 0 aliphatic heterocycles. The summed E-state index contributed by atoms with van der Waals surface area (Å²) < 4.78 is 5.39. The zero-order valence-corrected chi connectivity index (χ0v) is 10.0. The van der Waals surface area contributed by atoms with E-state index in [1.165, 1.54) is 18.6 Å². The maximum atomic E-state index is 9.87. The zero-order chi connectivity index (χ0) is 12.4. The molecule has 16 heavy (non-hydrogen) atoms. The lowest BCUT2D eigenvalue weighted by Crippen LogP contribution is -2.53. The molecule has 0 aliphatic rings. The van der Waals surface area contributed by atoms with E-state index in [2.05, 4.69) is 9.97 Å². The molecule has 1 aromatic heterocycles. The minimum absolute atomic E-state index is 0.319. The fourth-order valence-corrected chi connectivity index (χ4v) is 0.922. The van der Waals surface area contributed by atoms with Gasteiger partial charge in [0.2, 0.25) is 0 Å². The molecule has 88 valence electrons. The molecule has 0 amide bonds. The third-order valence-corrected chi connectivity index (χ3v) is 2.72. The third kappa shape index (κ3) is 3.01. The Kier molecular flexibility index (Phi) is 3.67. The number of aliphatic hydroxyl groups is 1. The topological polar surface area (TPSA) is 75.5 Å². The monoisotopic (exact) mass is 224 g/mol. The smallest absolute Gasteiger partial charge is 0.422 e. The van der Waals surface area contributed by atoms with Gasteiger partial charge in [-0.3, -0.25) is 9.97 Å². The summed E-state index contributed by atoms with van der Waals surface area (Å²) in [6, 6.07) is 0. The second-order valence-corrected chi connectivity index (χ2v) is 4.67. The van der Waals surface area contributed by atoms with Gasteiger partial charge in [-0.1, -0.05) is 0 Å². The highest BCUT2D eigenvalue weighted by atomic mass is 16.5. The Labute approximate surface area is 95.7 Å². The van der Waals surface area contributed by atoms with Crippen LogP contribution >= 0.6 is 0 Å². The Morgan fingerprint density at radius 2 is 1.88 bits per heavy atom. The van der Waals surface area contributed by atoms with E-state index in [1.54, 1.807) is 27.7 Å². The maximum absolute atomic E-state index is 9.87. The molecule has 0 saturated heterocycles. The van der Waals surface area contributed by atoms with Crippen LogP contribution in [0.3, 0.4) is 0 Å². The molecule has 0 atom stereocenters. The number of rotatable bonds is 4. The summed E-state index contributed by atoms with van der Waals surface area (Å²) in [5.74, 6) is 0. The van der Waals surface area contributed by atoms with Crippen LogP contribution in [0.4, 0.5) is 0 Å². The number of hydrogen-bond donors (Lipinski definition) is 2. The normalized spacial score (nSPS) is 12.6. The van der Waals surface area contributed by atoms with Crippen LogP contribution in [0.5, 0.6) is 0 Å². The number of aromatic nitrogens is 2. The van der Waals surface area contributed by atoms with Crippen LogP contribution in [0.2, 0.25) is 0 Å². The minimum atomic E-state index is -1.20. The lowest BCUT2D eigenvalue weighted by Gasteiger charge is -2.38. The summed E-state index contributed by atoms with van der Waals surface area (Å²) in [6.45, 7) is 6.64. The quantitative estimate of drug-likeness (QED) is 0.688. The molecule has 6 heteroatoms. The lowest BCUT2D eigenvalue weighted by molar-refractivity contribution is -0.0983. The summed E-state index contributed by atoms with van der Waals surface area (Å²) in [7, 11) is -1.20. The molecule has 2 N–H and O–H groups in total. The van der Waals surface area contributed by atoms with E-state index >= 15 is 0 Å². The number of nitrogens with zero attached hydrogens (tertiary/aromatic N) is 2. The lowest BCUT2D eigenvalue weighted by atomic mass is 9.80. The molecule has 1 aromatic rings. The highest BCUT2D eigenvalue weighted by Crippen LogP contribution is 2.25. The van der Waals surface area contributed by atoms with Crippen molar-refractivity contribution in [2.45, 2.75) is 38.9 Å². The van der Waals surface area contributed by atoms with Gasteiger partial charge in [-0.05, 0) is 27.7 Å². The van der Waals surface area contributed by atoms with Crippen molar-refractivity contribution in [2.24, 2.45) is 0 Å². The van der Waals surface area contributed by atoms with E-state index in [0.717, 1.165) is 0 Å². The average Bonchev–Trinajstić information content (AvgIpc) is 2.16. The summed E-state index contributed by atoms with van der Waals surface area (Å²) >= 11 is 0. The van der Waals surface area contributed by atoms with Crippen molar-refractivity contribution in [2.75, 3.05) is 0 Å². The SMILES string of the molecule is CC(C)(O)C(C)(C)OB(O)c1cnccn1. The van der Waals surface area contributed by atoms with E-state index in [1.807, 2.05) is 0 Å². The summed E-state index contributed by atoms with van der Waals surface area (Å²) in [6.07, 6.45) is 4.40. The van der Waals surface area contributed by atoms with Crippen molar-refractivity contribution < 1.29 is 14.8 Å². The second-order valence-electron chi connectivity index (χ2n) is 4.67. The van der Waals surface area contributed by atoms with Crippen LogP contribution < -0.4 is 5.59 Å². The van der Waals surface area contributed by atoms with Gasteiger partial charge in [0, 0.05) is 18.6 Å². The van der Waals surface area contributed by atoms with Crippen LogP contribution in [-0.2, 0) is 4.65 Å². The molecule has 1 rings (SSSR count). The maximum Gasteiger partial charge on any atom is 0.512 e. The molecule has 1 heterocycles. The van der Waals surface area contributed by atoms with E-state index in [0.29, 0.717) is 5.59 Å². The highest BCUT2D eigenvalue weighted by Gasteiger charge is 2.39. The van der Waals surface area contributed by atoms with Crippen molar-refractivity contribution in [1.29, 1.82) is 0 Å². The Morgan fingerprint density at radius 1 is 1.25 bits per heavy atom. The largest absolute Gasteiger partial charge is 0.512 e. The average molecular weight is 224 g/mol. The first-order valence-electron chi connectivity index (χ1n) is 5.08. The Morgan fingerprint density at radius 3 is 2.31 bits per heavy atom. The standard InChI is InChI=1S/C10H17BN2O3/c1-9(2,14)10(3,4)16-11(15)8-7-12-5-6-13-8/h5-7,14-15H,1-4H3. The van der Waals surface area contributed by atoms with E-state index in [9.17, 15) is 10.1 Å². The van der Waals surface area contributed by atoms with Crippen molar-refractivity contribution in [1.82, 2.24) is 9.97 Å². The fraction of sp³-hybridized carbons (Fsp3) is 0.600. The van der Waals surface area contributed by atoms with E-state index < -0.39 is 18.3 Å². The molecule has 0 spiro atoms. The molecule has 0 aliphatic carbocycles. The van der Waals surface area contributed by atoms with Crippen LogP contribution in [0, 0.1) is 0 Å². The van der Waals surface area contributed by atoms with Crippen molar-refractivity contribution in [3.63, 3.8) is 0 Å². The molecule has 5 nitrogen and oxygen atoms in total. The Balaban J connectivity index is 2.76. The summed E-state index contributed by atoms with van der Waals surface area (Å²) in [5, 5.41) is 19.7. The van der Waals surface area contributed by atoms with Crippen LogP contribution in [-0.4, -0.2) is 38.4 Å². The van der Waals surface area contributed by atoms with Gasteiger partial charge in [0.15, 0.2) is 0 Å². The Bertz CT molecular complexity index is 338. The van der Waals surface area contributed by atoms with Crippen molar-refractivity contribution in [3.8, 4) is 0 Å². The summed E-state index contributed by atoms with van der Waals surface area (Å²) in [4.78, 5) is 7.76. The molecular weight excluding hydrogens is 207 g/mol. The van der Waals surface area contributed by atoms with E-state index in [-0.39, 0.29) is 0 Å². The zero-order valence-electron chi connectivity index (χ0n) is 10.0. The van der Waals surface area contributed by atoms with Gasteiger partial charge >= 0.3 is 7.12 Å². The van der Waals surface area contributed by atoms with Crippen LogP contribution in [0.1, 0.15) is 27.7 Å². The van der Waals surface area contributed by atoms with Gasteiger partial charge in [-0.2, -0.15) is 0 Å². The molecule has 0 radical (unpaired) electrons. The molecule has 0 bridgehead atoms. The van der Waals surface area contributed by atoms with Crippen molar-refractivity contribution in [3.05, 3.63) is 18.6 Å². The Hall–Kier alpha value is -0.975. The van der Waals surface area contributed by atoms with Gasteiger partial charge < -0.3 is 14.8 Å². The van der Waals surface area contributed by atoms with Gasteiger partial charge in [0.05, 0.1) is 16.8 Å². The first-order valence-corrected chi connectivity index (χ1v) is 5.08. The first-order chi connectivity index (χ1) is 7.24. The van der Waals surface area contributed by atoms with Crippen molar-refractivity contribution >= 4 is 12.7 Å². The van der Waals surface area contributed by atoms with Gasteiger partial charge in [0.1, 0.15) is 0 Å². The molecule has 0 aromatic carbocycles. The molecule has 0 unspecified atom stereocenters. The molecule has 0 saturated carbocycles. The fourth-order valence-electron chi connectivity index (χ4n) is 0.922. The van der Waals surface area contributed by atoms with Crippen LogP contribution in [0.15, 0.2) is 18.6 Å². The highest BCUT2D eigenvalue weighted by molar-refractivity contribution is 6.58. The molecule has 0 fully saturated rings. The summed E-state index contributed by atoms with van der Waals surface area (Å²) in [5.41, 5.74) is -1.65.